The molecule has 1 saturated heterocycles. The normalized spacial score (nSPS) is 15.7. The Morgan fingerprint density at radius 3 is 2.67 bits per heavy atom. The van der Waals surface area contributed by atoms with Gasteiger partial charge in [0.15, 0.2) is 0 Å². The van der Waals surface area contributed by atoms with Crippen LogP contribution < -0.4 is 5.32 Å². The Morgan fingerprint density at radius 1 is 1.38 bits per heavy atom. The van der Waals surface area contributed by atoms with Crippen LogP contribution in [0.15, 0.2) is 18.2 Å². The fourth-order valence-electron chi connectivity index (χ4n) is 2.78. The van der Waals surface area contributed by atoms with Gasteiger partial charge in [0.2, 0.25) is 0 Å². The van der Waals surface area contributed by atoms with Crippen LogP contribution in [0.2, 0.25) is 5.02 Å². The first kappa shape index (κ1) is 18.3. The van der Waals surface area contributed by atoms with Crippen molar-refractivity contribution in [3.05, 3.63) is 34.3 Å². The van der Waals surface area contributed by atoms with Gasteiger partial charge in [-0.15, -0.1) is 12.4 Å². The average molecular weight is 331 g/mol. The summed E-state index contributed by atoms with van der Waals surface area (Å²) in [4.78, 5) is 14.5. The van der Waals surface area contributed by atoms with E-state index in [1.54, 1.807) is 0 Å². The number of likely N-dealkylation sites (tertiary alicyclic amines) is 1. The number of hydrogen-bond acceptors (Lipinski definition) is 2. The molecule has 1 heterocycles. The first-order valence-electron chi connectivity index (χ1n) is 7.32. The molecule has 118 valence electrons. The third-order valence-corrected chi connectivity index (χ3v) is 4.61. The maximum atomic E-state index is 12.5. The van der Waals surface area contributed by atoms with Gasteiger partial charge < -0.3 is 10.2 Å². The number of rotatable bonds is 4. The minimum absolute atomic E-state index is 0. The molecular formula is C16H24Cl2N2O. The molecule has 1 fully saturated rings. The standard InChI is InChI=1S/C16H23ClN2O.ClH/c1-12-14(4-3-5-15(12)17)16(20)19-10-7-13(8-11-19)6-9-18-2;/h3-5,13,18H,6-11H2,1-2H3;1H. The monoisotopic (exact) mass is 330 g/mol. The van der Waals surface area contributed by atoms with Crippen molar-refractivity contribution in [1.29, 1.82) is 0 Å². The average Bonchev–Trinajstić information content (AvgIpc) is 2.48. The molecule has 5 heteroatoms. The van der Waals surface area contributed by atoms with Crippen LogP contribution in [0.1, 0.15) is 35.2 Å². The maximum Gasteiger partial charge on any atom is 0.254 e. The van der Waals surface area contributed by atoms with Crippen LogP contribution in [0, 0.1) is 12.8 Å². The Labute approximate surface area is 138 Å². The van der Waals surface area contributed by atoms with Gasteiger partial charge in [-0.3, -0.25) is 4.79 Å². The van der Waals surface area contributed by atoms with Crippen molar-refractivity contribution in [2.75, 3.05) is 26.7 Å². The highest BCUT2D eigenvalue weighted by atomic mass is 35.5. The zero-order valence-electron chi connectivity index (χ0n) is 12.7. The van der Waals surface area contributed by atoms with Crippen LogP contribution in [0.4, 0.5) is 0 Å². The number of benzene rings is 1. The largest absolute Gasteiger partial charge is 0.339 e. The molecule has 0 unspecified atom stereocenters. The van der Waals surface area contributed by atoms with Gasteiger partial charge >= 0.3 is 0 Å². The van der Waals surface area contributed by atoms with E-state index in [-0.39, 0.29) is 18.3 Å². The predicted octanol–water partition coefficient (Wildman–Crippen LogP) is 3.53. The van der Waals surface area contributed by atoms with Crippen LogP contribution in [0.5, 0.6) is 0 Å². The number of halogens is 2. The number of nitrogens with one attached hydrogen (secondary N) is 1. The molecule has 1 aromatic carbocycles. The van der Waals surface area contributed by atoms with E-state index in [1.165, 1.54) is 6.42 Å². The van der Waals surface area contributed by atoms with Gasteiger partial charge in [-0.1, -0.05) is 17.7 Å². The first-order valence-corrected chi connectivity index (χ1v) is 7.70. The first-order chi connectivity index (χ1) is 9.63. The predicted molar refractivity (Wildman–Crippen MR) is 90.6 cm³/mol. The number of hydrogen-bond donors (Lipinski definition) is 1. The minimum atomic E-state index is 0. The van der Waals surface area contributed by atoms with E-state index in [1.807, 2.05) is 37.1 Å². The smallest absolute Gasteiger partial charge is 0.254 e. The number of carbonyl (C=O) groups is 1. The lowest BCUT2D eigenvalue weighted by atomic mass is 9.93. The number of nitrogens with zero attached hydrogens (tertiary/aromatic N) is 1. The van der Waals surface area contributed by atoms with Gasteiger partial charge in [0, 0.05) is 23.7 Å². The Kier molecular flexibility index (Phi) is 7.50. The van der Waals surface area contributed by atoms with E-state index in [2.05, 4.69) is 5.32 Å². The van der Waals surface area contributed by atoms with Crippen molar-refractivity contribution >= 4 is 29.9 Å². The Balaban J connectivity index is 0.00000220. The summed E-state index contributed by atoms with van der Waals surface area (Å²) in [5, 5.41) is 3.86. The topological polar surface area (TPSA) is 32.3 Å². The molecule has 0 radical (unpaired) electrons. The van der Waals surface area contributed by atoms with Gasteiger partial charge in [0.25, 0.3) is 5.91 Å². The highest BCUT2D eigenvalue weighted by Crippen LogP contribution is 2.24. The van der Waals surface area contributed by atoms with E-state index >= 15 is 0 Å². The molecule has 0 saturated carbocycles. The Morgan fingerprint density at radius 2 is 2.05 bits per heavy atom. The summed E-state index contributed by atoms with van der Waals surface area (Å²) in [6, 6.07) is 5.55. The third kappa shape index (κ3) is 4.60. The van der Waals surface area contributed by atoms with E-state index in [0.717, 1.165) is 49.5 Å². The molecule has 2 rings (SSSR count). The molecule has 0 aromatic heterocycles. The maximum absolute atomic E-state index is 12.5. The molecule has 0 bridgehead atoms. The van der Waals surface area contributed by atoms with Crippen molar-refractivity contribution in [3.8, 4) is 0 Å². The van der Waals surface area contributed by atoms with Crippen molar-refractivity contribution in [1.82, 2.24) is 10.2 Å². The number of carbonyl (C=O) groups excluding carboxylic acids is 1. The number of amides is 1. The van der Waals surface area contributed by atoms with Crippen LogP contribution in [0.25, 0.3) is 0 Å². The Hall–Kier alpha value is -0.770. The van der Waals surface area contributed by atoms with Crippen LogP contribution >= 0.6 is 24.0 Å². The molecule has 0 aliphatic carbocycles. The molecule has 1 aromatic rings. The second-order valence-corrected chi connectivity index (χ2v) is 5.95. The SMILES string of the molecule is CNCCC1CCN(C(=O)c2cccc(Cl)c2C)CC1.Cl. The minimum Gasteiger partial charge on any atom is -0.339 e. The highest BCUT2D eigenvalue weighted by Gasteiger charge is 2.24. The molecular weight excluding hydrogens is 307 g/mol. The van der Waals surface area contributed by atoms with Crippen molar-refractivity contribution in [3.63, 3.8) is 0 Å². The summed E-state index contributed by atoms with van der Waals surface area (Å²) in [5.41, 5.74) is 1.63. The molecule has 1 N–H and O–H groups in total. The lowest BCUT2D eigenvalue weighted by Gasteiger charge is -2.32. The summed E-state index contributed by atoms with van der Waals surface area (Å²) in [6.07, 6.45) is 3.41. The highest BCUT2D eigenvalue weighted by molar-refractivity contribution is 6.31. The molecule has 0 atom stereocenters. The summed E-state index contributed by atoms with van der Waals surface area (Å²) >= 11 is 6.10. The molecule has 0 spiro atoms. The van der Waals surface area contributed by atoms with E-state index < -0.39 is 0 Å². The fourth-order valence-corrected chi connectivity index (χ4v) is 2.96. The quantitative estimate of drug-likeness (QED) is 0.915. The van der Waals surface area contributed by atoms with E-state index in [0.29, 0.717) is 5.02 Å². The van der Waals surface area contributed by atoms with Crippen molar-refractivity contribution in [2.45, 2.75) is 26.2 Å². The number of piperidine rings is 1. The molecule has 21 heavy (non-hydrogen) atoms. The van der Waals surface area contributed by atoms with Crippen LogP contribution in [-0.2, 0) is 0 Å². The van der Waals surface area contributed by atoms with Gasteiger partial charge in [-0.25, -0.2) is 0 Å². The third-order valence-electron chi connectivity index (χ3n) is 4.20. The fraction of sp³-hybridized carbons (Fsp3) is 0.562. The van der Waals surface area contributed by atoms with Crippen LogP contribution in [-0.4, -0.2) is 37.5 Å². The van der Waals surface area contributed by atoms with Gasteiger partial charge in [0.1, 0.15) is 0 Å². The molecule has 3 nitrogen and oxygen atoms in total. The second-order valence-electron chi connectivity index (χ2n) is 5.54. The second kappa shape index (κ2) is 8.62. The Bertz CT molecular complexity index is 471. The summed E-state index contributed by atoms with van der Waals surface area (Å²) in [7, 11) is 1.99. The van der Waals surface area contributed by atoms with Gasteiger partial charge in [0.05, 0.1) is 0 Å². The molecule has 1 amide bonds. The van der Waals surface area contributed by atoms with E-state index in [9.17, 15) is 4.79 Å². The zero-order chi connectivity index (χ0) is 14.5. The van der Waals surface area contributed by atoms with Crippen molar-refractivity contribution < 1.29 is 4.79 Å². The lowest BCUT2D eigenvalue weighted by Crippen LogP contribution is -2.39. The van der Waals surface area contributed by atoms with E-state index in [4.69, 9.17) is 11.6 Å². The summed E-state index contributed by atoms with van der Waals surface area (Å²) < 4.78 is 0. The summed E-state index contributed by atoms with van der Waals surface area (Å²) in [5.74, 6) is 0.865. The van der Waals surface area contributed by atoms with Gasteiger partial charge in [-0.2, -0.15) is 0 Å². The van der Waals surface area contributed by atoms with Crippen LogP contribution in [0.3, 0.4) is 0 Å². The molecule has 1 aliphatic rings. The van der Waals surface area contributed by atoms with Gasteiger partial charge in [-0.05, 0) is 63.4 Å². The lowest BCUT2D eigenvalue weighted by molar-refractivity contribution is 0.0686. The zero-order valence-corrected chi connectivity index (χ0v) is 14.3. The van der Waals surface area contributed by atoms with Crippen molar-refractivity contribution in [2.24, 2.45) is 5.92 Å². The molecule has 1 aliphatic heterocycles. The summed E-state index contributed by atoms with van der Waals surface area (Å²) in [6.45, 7) is 4.69.